The summed E-state index contributed by atoms with van der Waals surface area (Å²) in [4.78, 5) is 0. The number of fused-ring (bicyclic) bond motifs is 2. The van der Waals surface area contributed by atoms with Gasteiger partial charge in [-0.3, -0.25) is 0 Å². The van der Waals surface area contributed by atoms with Crippen molar-refractivity contribution >= 4 is 16.6 Å². The van der Waals surface area contributed by atoms with Crippen LogP contribution >= 0.6 is 0 Å². The fraction of sp³-hybridized carbons (Fsp3) is 0.0455. The monoisotopic (exact) mass is 1100 g/mol. The van der Waals surface area contributed by atoms with Crippen LogP contribution in [0.25, 0.3) is 72.2 Å². The highest BCUT2D eigenvalue weighted by molar-refractivity contribution is 5.91. The van der Waals surface area contributed by atoms with Gasteiger partial charge in [0.05, 0.1) is 72.0 Å². The second-order valence-electron chi connectivity index (χ2n) is 14.9. The average Bonchev–Trinajstić information content (AvgIpc) is 3.35. The molecule has 0 aliphatic heterocycles. The largest absolute Gasteiger partial charge is 0.238 e. The first kappa shape index (κ1) is 52.8. The lowest BCUT2D eigenvalue weighted by Gasteiger charge is -2.24. The van der Waals surface area contributed by atoms with Gasteiger partial charge in [0.25, 0.3) is 0 Å². The number of rotatable bonds is 5. The summed E-state index contributed by atoms with van der Waals surface area (Å²) in [7, 11) is 0. The average molecular weight is 1100 g/mol. The lowest BCUT2D eigenvalue weighted by molar-refractivity contribution is 0.163. The van der Waals surface area contributed by atoms with E-state index in [-0.39, 0.29) is 0 Å². The first-order valence-corrected chi connectivity index (χ1v) is 18.6. The second-order valence-corrected chi connectivity index (χ2v) is 14.9. The molecule has 0 radical (unpaired) electrons. The fourth-order valence-electron chi connectivity index (χ4n) is 7.87. The van der Waals surface area contributed by atoms with Crippen LogP contribution in [0.3, 0.4) is 0 Å². The van der Waals surface area contributed by atoms with Gasteiger partial charge in [0.2, 0.25) is 0 Å². The van der Waals surface area contributed by atoms with Crippen LogP contribution in [-0.2, 0) is 0 Å². The van der Waals surface area contributed by atoms with E-state index in [9.17, 15) is 43.9 Å². The van der Waals surface area contributed by atoms with Gasteiger partial charge in [0.1, 0.15) is 11.6 Å². The Hall–Kier alpha value is -7.56. The zero-order chi connectivity index (χ0) is 55.4. The summed E-state index contributed by atoms with van der Waals surface area (Å²) in [6, 6.07) is 0. The van der Waals surface area contributed by atoms with E-state index in [0.29, 0.717) is 0 Å². The normalized spacial score (nSPS) is 14.8. The molecule has 0 nitrogen and oxygen atoms in total. The molecule has 0 fully saturated rings. The summed E-state index contributed by atoms with van der Waals surface area (Å²) < 4.78 is 453. The smallest absolute Gasteiger partial charge is 0.198 e. The summed E-state index contributed by atoms with van der Waals surface area (Å²) in [5.41, 5.74) is -35.2. The number of alkyl halides is 2. The van der Waals surface area contributed by atoms with Crippen molar-refractivity contribution in [1.29, 1.82) is 0 Å². The summed E-state index contributed by atoms with van der Waals surface area (Å²) in [6.45, 7) is 0. The van der Waals surface area contributed by atoms with Crippen LogP contribution in [0.5, 0.6) is 0 Å². The lowest BCUT2D eigenvalue weighted by atomic mass is 9.87. The molecule has 0 saturated heterocycles. The SMILES string of the molecule is FC1=C(F)C(F)C(F)c2c(F)c(F)c(-c3c(F)c(F)c(-c4c(F)c(F)c(-c5c(F)c(F)c(-c6c(F)c(F)c(-c7c(F)c(F)c8c(F)c(F)c(F)c(F)c8c7F)c(F)c6F)c(F)c5F)c(F)c4F)c(F)c3F)c(F)c21. The van der Waals surface area contributed by atoms with Crippen LogP contribution in [0.2, 0.25) is 0 Å². The van der Waals surface area contributed by atoms with Gasteiger partial charge in [0, 0.05) is 5.56 Å². The van der Waals surface area contributed by atoms with Gasteiger partial charge in [-0.1, -0.05) is 0 Å². The van der Waals surface area contributed by atoms with E-state index in [1.54, 1.807) is 0 Å². The van der Waals surface area contributed by atoms with Crippen molar-refractivity contribution in [2.45, 2.75) is 12.3 Å². The van der Waals surface area contributed by atoms with Gasteiger partial charge in [-0.25, -0.2) is 132 Å². The van der Waals surface area contributed by atoms with E-state index >= 15 is 87.8 Å². The van der Waals surface area contributed by atoms with Gasteiger partial charge in [0.15, 0.2) is 164 Å². The highest BCUT2D eigenvalue weighted by Gasteiger charge is 2.46. The van der Waals surface area contributed by atoms with Crippen LogP contribution in [0, 0.1) is 151 Å². The zero-order valence-electron chi connectivity index (χ0n) is 33.5. The summed E-state index contributed by atoms with van der Waals surface area (Å²) in [6.07, 6.45) is -7.64. The Balaban J connectivity index is 1.31. The fourth-order valence-corrected chi connectivity index (χ4v) is 7.87. The maximum Gasteiger partial charge on any atom is 0.198 e. The molecule has 1 aliphatic rings. The third-order valence-corrected chi connectivity index (χ3v) is 11.2. The molecule has 388 valence electrons. The van der Waals surface area contributed by atoms with Crippen LogP contribution in [0.1, 0.15) is 17.3 Å². The molecule has 2 atom stereocenters. The highest BCUT2D eigenvalue weighted by Crippen LogP contribution is 2.51. The van der Waals surface area contributed by atoms with Gasteiger partial charge in [-0.05, 0) is 0 Å². The number of benzene rings is 7. The zero-order valence-corrected chi connectivity index (χ0v) is 33.5. The first-order chi connectivity index (χ1) is 34.3. The van der Waals surface area contributed by atoms with Crippen molar-refractivity contribution in [2.75, 3.05) is 0 Å². The molecule has 0 amide bonds. The molecule has 0 bridgehead atoms. The van der Waals surface area contributed by atoms with Crippen molar-refractivity contribution in [3.05, 3.63) is 168 Å². The molecule has 0 N–H and O–H groups in total. The lowest BCUT2D eigenvalue weighted by Crippen LogP contribution is -2.22. The molecule has 74 heavy (non-hydrogen) atoms. The van der Waals surface area contributed by atoms with Crippen molar-refractivity contribution in [2.24, 2.45) is 0 Å². The van der Waals surface area contributed by atoms with Crippen LogP contribution in [0.4, 0.5) is 132 Å². The molecule has 0 heterocycles. The maximum atomic E-state index is 15.6. The topological polar surface area (TPSA) is 0 Å². The van der Waals surface area contributed by atoms with E-state index in [4.69, 9.17) is 0 Å². The van der Waals surface area contributed by atoms with Crippen molar-refractivity contribution in [3.63, 3.8) is 0 Å². The predicted octanol–water partition coefficient (Wildman–Crippen LogP) is 16.8. The van der Waals surface area contributed by atoms with Gasteiger partial charge < -0.3 is 0 Å². The molecule has 1 aliphatic carbocycles. The van der Waals surface area contributed by atoms with E-state index in [1.807, 2.05) is 0 Å². The van der Waals surface area contributed by atoms with E-state index < -0.39 is 253 Å². The van der Waals surface area contributed by atoms with Crippen molar-refractivity contribution < 1.29 is 132 Å². The Morgan fingerprint density at radius 2 is 0.351 bits per heavy atom. The van der Waals surface area contributed by atoms with Crippen molar-refractivity contribution in [1.82, 2.24) is 0 Å². The quantitative estimate of drug-likeness (QED) is 0.0915. The van der Waals surface area contributed by atoms with Crippen LogP contribution in [0.15, 0.2) is 5.83 Å². The van der Waals surface area contributed by atoms with E-state index in [0.717, 1.165) is 0 Å². The first-order valence-electron chi connectivity index (χ1n) is 18.6. The molecule has 0 saturated carbocycles. The predicted molar refractivity (Wildman–Crippen MR) is 188 cm³/mol. The molecule has 8 rings (SSSR count). The number of allylic oxidation sites excluding steroid dienone is 1. The Morgan fingerprint density at radius 3 is 0.622 bits per heavy atom. The molecular formula is C44H2F30. The summed E-state index contributed by atoms with van der Waals surface area (Å²) >= 11 is 0. The van der Waals surface area contributed by atoms with E-state index in [1.165, 1.54) is 0 Å². The minimum Gasteiger partial charge on any atom is -0.238 e. The molecule has 7 aromatic rings. The van der Waals surface area contributed by atoms with Crippen LogP contribution in [-0.4, -0.2) is 6.17 Å². The van der Waals surface area contributed by atoms with Gasteiger partial charge in [-0.15, -0.1) is 0 Å². The maximum absolute atomic E-state index is 15.6. The van der Waals surface area contributed by atoms with Gasteiger partial charge >= 0.3 is 0 Å². The Labute approximate surface area is 384 Å². The number of halogens is 30. The molecule has 30 heteroatoms. The van der Waals surface area contributed by atoms with Crippen molar-refractivity contribution in [3.8, 4) is 55.6 Å². The Morgan fingerprint density at radius 1 is 0.162 bits per heavy atom. The third kappa shape index (κ3) is 6.72. The Bertz CT molecular complexity index is 3680. The summed E-state index contributed by atoms with van der Waals surface area (Å²) in [5.74, 6) is -92.3. The standard InChI is InChI=1S/C44H2F30/c45-15-1(17(47)23(53)7-3(15)37(67)41(71)43(73)39(7)69)5-19(49)25(55)9(26(56)20(5)50)11-29(59)33(63)13(34(64)30(11)60)14-35(65)31(61)12(32(62)36(14)66)10-27(57)21(51)6(22(52)28(10)58)2-16(46)4-8(24(54)18(2)48)40(70)44(74)42(72)38(4)68/h39,43H. The molecule has 2 unspecified atom stereocenters. The van der Waals surface area contributed by atoms with Gasteiger partial charge in [-0.2, -0.15) is 0 Å². The number of hydrogen-bond donors (Lipinski definition) is 0. The second kappa shape index (κ2) is 17.5. The molecular weight excluding hydrogens is 1100 g/mol. The molecule has 0 spiro atoms. The third-order valence-electron chi connectivity index (χ3n) is 11.2. The summed E-state index contributed by atoms with van der Waals surface area (Å²) in [5, 5.41) is -5.02. The highest BCUT2D eigenvalue weighted by atomic mass is 19.2. The minimum atomic E-state index is -3.83. The van der Waals surface area contributed by atoms with E-state index in [2.05, 4.69) is 0 Å². The minimum absolute atomic E-state index is 2.35. The number of hydrogen-bond acceptors (Lipinski definition) is 0. The Kier molecular flexibility index (Phi) is 12.5. The molecule has 7 aromatic carbocycles. The van der Waals surface area contributed by atoms with Crippen LogP contribution < -0.4 is 0 Å². The molecule has 0 aromatic heterocycles.